The van der Waals surface area contributed by atoms with Crippen molar-refractivity contribution in [3.8, 4) is 0 Å². The Balaban J connectivity index is 2.51. The van der Waals surface area contributed by atoms with Gasteiger partial charge in [-0.25, -0.2) is 4.39 Å². The van der Waals surface area contributed by atoms with Gasteiger partial charge in [-0.3, -0.25) is 4.79 Å². The zero-order valence-electron chi connectivity index (χ0n) is 8.62. The highest BCUT2D eigenvalue weighted by atomic mass is 32.1. The molecular weight excluding hydrogens is 225 g/mol. The number of hydrogen-bond acceptors (Lipinski definition) is 1. The molecule has 2 aromatic rings. The van der Waals surface area contributed by atoms with Crippen LogP contribution in [0, 0.1) is 5.82 Å². The molecule has 0 aliphatic carbocycles. The normalized spacial score (nSPS) is 12.1. The Morgan fingerprint density at radius 1 is 1.44 bits per heavy atom. The molecule has 1 N–H and O–H groups in total. The highest BCUT2D eigenvalue weighted by Gasteiger charge is 2.04. The predicted octanol–water partition coefficient (Wildman–Crippen LogP) is 3.17. The minimum atomic E-state index is -0.303. The Kier molecular flexibility index (Phi) is 2.83. The maximum absolute atomic E-state index is 13.0. The maximum Gasteiger partial charge on any atom is 0.209 e. The van der Waals surface area contributed by atoms with E-state index in [0.29, 0.717) is 0 Å². The number of carbonyl (C=O) groups excluding carboxylic acids is 1. The summed E-state index contributed by atoms with van der Waals surface area (Å²) in [5.74, 6) is -0.273. The number of carbonyl (C=O) groups is 1. The standard InChI is InChI=1S/C12H10FNOS/c1-7(4-12(15)16)11-6-8-5-9(13)2-3-10(8)14-11/h2-6,14H,1H3,(H,15,16)/b7-4+. The van der Waals surface area contributed by atoms with Crippen LogP contribution in [0.5, 0.6) is 0 Å². The van der Waals surface area contributed by atoms with Gasteiger partial charge in [0.2, 0.25) is 5.12 Å². The van der Waals surface area contributed by atoms with Crippen molar-refractivity contribution in [2.75, 3.05) is 0 Å². The summed E-state index contributed by atoms with van der Waals surface area (Å²) in [7, 11) is 0. The lowest BCUT2D eigenvalue weighted by molar-refractivity contribution is -0.106. The summed E-state index contributed by atoms with van der Waals surface area (Å²) in [6.07, 6.45) is 1.42. The molecule has 1 aromatic carbocycles. The first-order valence-electron chi connectivity index (χ1n) is 4.76. The summed E-state index contributed by atoms with van der Waals surface area (Å²) < 4.78 is 13.0. The van der Waals surface area contributed by atoms with Crippen molar-refractivity contribution in [2.24, 2.45) is 0 Å². The fraction of sp³-hybridized carbons (Fsp3) is 0.0833. The van der Waals surface area contributed by atoms with Crippen LogP contribution in [0.1, 0.15) is 12.6 Å². The van der Waals surface area contributed by atoms with E-state index in [9.17, 15) is 9.18 Å². The van der Waals surface area contributed by atoms with Crippen LogP contribution >= 0.6 is 12.6 Å². The molecule has 0 amide bonds. The number of rotatable bonds is 2. The average Bonchev–Trinajstić information content (AvgIpc) is 2.59. The first kappa shape index (κ1) is 11.0. The molecule has 0 spiro atoms. The molecule has 0 aliphatic heterocycles. The zero-order chi connectivity index (χ0) is 11.7. The van der Waals surface area contributed by atoms with Crippen LogP contribution in [-0.4, -0.2) is 10.1 Å². The van der Waals surface area contributed by atoms with E-state index >= 15 is 0 Å². The van der Waals surface area contributed by atoms with Crippen molar-refractivity contribution in [2.45, 2.75) is 6.92 Å². The molecule has 2 rings (SSSR count). The van der Waals surface area contributed by atoms with E-state index in [1.165, 1.54) is 18.2 Å². The van der Waals surface area contributed by atoms with Crippen molar-refractivity contribution < 1.29 is 9.18 Å². The Bertz CT molecular complexity index is 586. The molecule has 0 bridgehead atoms. The number of aromatic nitrogens is 1. The topological polar surface area (TPSA) is 32.9 Å². The molecule has 1 aromatic heterocycles. The van der Waals surface area contributed by atoms with Crippen molar-refractivity contribution in [1.82, 2.24) is 4.98 Å². The van der Waals surface area contributed by atoms with Crippen molar-refractivity contribution in [1.29, 1.82) is 0 Å². The summed E-state index contributed by atoms with van der Waals surface area (Å²) in [4.78, 5) is 13.9. The van der Waals surface area contributed by atoms with Crippen molar-refractivity contribution in [3.63, 3.8) is 0 Å². The van der Waals surface area contributed by atoms with Gasteiger partial charge in [-0.1, -0.05) is 0 Å². The predicted molar refractivity (Wildman–Crippen MR) is 65.9 cm³/mol. The third-order valence-electron chi connectivity index (χ3n) is 2.35. The number of hydrogen-bond donors (Lipinski definition) is 2. The molecule has 1 heterocycles. The summed E-state index contributed by atoms with van der Waals surface area (Å²) in [6.45, 7) is 1.80. The second kappa shape index (κ2) is 4.14. The van der Waals surface area contributed by atoms with E-state index in [4.69, 9.17) is 0 Å². The Labute approximate surface area is 97.6 Å². The van der Waals surface area contributed by atoms with Crippen LogP contribution in [0.2, 0.25) is 0 Å². The van der Waals surface area contributed by atoms with Gasteiger partial charge in [-0.2, -0.15) is 0 Å². The Morgan fingerprint density at radius 2 is 2.19 bits per heavy atom. The number of thiol groups is 1. The lowest BCUT2D eigenvalue weighted by Crippen LogP contribution is -1.83. The Hall–Kier alpha value is -1.55. The maximum atomic E-state index is 13.0. The summed E-state index contributed by atoms with van der Waals surface area (Å²) in [5.41, 5.74) is 2.41. The number of nitrogens with one attached hydrogen (secondary N) is 1. The number of H-pyrrole nitrogens is 1. The minimum absolute atomic E-state index is 0.273. The van der Waals surface area contributed by atoms with Gasteiger partial charge in [0.05, 0.1) is 0 Å². The molecule has 0 atom stereocenters. The largest absolute Gasteiger partial charge is 0.355 e. The molecule has 2 nitrogen and oxygen atoms in total. The first-order chi connectivity index (χ1) is 7.56. The summed E-state index contributed by atoms with van der Waals surface area (Å²) >= 11 is 3.68. The van der Waals surface area contributed by atoms with Gasteiger partial charge in [0, 0.05) is 16.6 Å². The molecule has 0 saturated carbocycles. The van der Waals surface area contributed by atoms with Crippen molar-refractivity contribution >= 4 is 34.2 Å². The van der Waals surface area contributed by atoms with Gasteiger partial charge in [0.1, 0.15) is 5.82 Å². The second-order valence-corrected chi connectivity index (χ2v) is 4.02. The van der Waals surface area contributed by atoms with Crippen LogP contribution in [0.4, 0.5) is 4.39 Å². The van der Waals surface area contributed by atoms with Gasteiger partial charge in [-0.15, -0.1) is 12.6 Å². The first-order valence-corrected chi connectivity index (χ1v) is 5.21. The van der Waals surface area contributed by atoms with E-state index in [-0.39, 0.29) is 10.9 Å². The lowest BCUT2D eigenvalue weighted by atomic mass is 10.2. The second-order valence-electron chi connectivity index (χ2n) is 3.58. The highest BCUT2D eigenvalue weighted by molar-refractivity contribution is 7.97. The SMILES string of the molecule is C/C(=C\C(=O)S)c1cc2cc(F)ccc2[nH]1. The quantitative estimate of drug-likeness (QED) is 0.608. The van der Waals surface area contributed by atoms with Gasteiger partial charge < -0.3 is 4.98 Å². The van der Waals surface area contributed by atoms with E-state index in [1.54, 1.807) is 19.1 Å². The smallest absolute Gasteiger partial charge is 0.209 e. The van der Waals surface area contributed by atoms with Crippen LogP contribution in [0.3, 0.4) is 0 Å². The number of halogens is 1. The molecule has 16 heavy (non-hydrogen) atoms. The highest BCUT2D eigenvalue weighted by Crippen LogP contribution is 2.21. The number of allylic oxidation sites excluding steroid dienone is 1. The van der Waals surface area contributed by atoms with Gasteiger partial charge in [-0.05, 0) is 42.8 Å². The van der Waals surface area contributed by atoms with Gasteiger partial charge >= 0.3 is 0 Å². The van der Waals surface area contributed by atoms with Crippen LogP contribution < -0.4 is 0 Å². The monoisotopic (exact) mass is 235 g/mol. The molecule has 82 valence electrons. The molecule has 0 fully saturated rings. The molecule has 0 saturated heterocycles. The average molecular weight is 235 g/mol. The van der Waals surface area contributed by atoms with E-state index in [0.717, 1.165) is 22.2 Å². The van der Waals surface area contributed by atoms with E-state index in [2.05, 4.69) is 17.6 Å². The number of benzene rings is 1. The van der Waals surface area contributed by atoms with Crippen LogP contribution in [-0.2, 0) is 4.79 Å². The minimum Gasteiger partial charge on any atom is -0.355 e. The number of fused-ring (bicyclic) bond motifs is 1. The molecule has 0 radical (unpaired) electrons. The molecule has 4 heteroatoms. The molecular formula is C12H10FNOS. The van der Waals surface area contributed by atoms with E-state index < -0.39 is 0 Å². The van der Waals surface area contributed by atoms with Crippen LogP contribution in [0.25, 0.3) is 16.5 Å². The molecule has 0 aliphatic rings. The van der Waals surface area contributed by atoms with Crippen molar-refractivity contribution in [3.05, 3.63) is 41.9 Å². The fourth-order valence-corrected chi connectivity index (χ4v) is 1.77. The zero-order valence-corrected chi connectivity index (χ0v) is 9.51. The number of aromatic amines is 1. The summed E-state index contributed by atoms with van der Waals surface area (Å²) in [6, 6.07) is 6.32. The van der Waals surface area contributed by atoms with Gasteiger partial charge in [0.25, 0.3) is 0 Å². The van der Waals surface area contributed by atoms with Gasteiger partial charge in [0.15, 0.2) is 0 Å². The van der Waals surface area contributed by atoms with Crippen LogP contribution in [0.15, 0.2) is 30.3 Å². The summed E-state index contributed by atoms with van der Waals surface area (Å²) in [5, 5.41) is 0.483. The third-order valence-corrected chi connectivity index (χ3v) is 2.48. The third kappa shape index (κ3) is 2.17. The van der Waals surface area contributed by atoms with E-state index in [1.807, 2.05) is 0 Å². The molecule has 0 unspecified atom stereocenters. The Morgan fingerprint density at radius 3 is 2.88 bits per heavy atom. The fourth-order valence-electron chi connectivity index (χ4n) is 1.58. The lowest BCUT2D eigenvalue weighted by Gasteiger charge is -1.94.